The largest absolute Gasteiger partial charge is 0.310 e. The Kier molecular flexibility index (Phi) is 5.54. The molecular weight excluding hydrogens is 420 g/mol. The van der Waals surface area contributed by atoms with E-state index in [0.717, 1.165) is 17.7 Å². The Balaban J connectivity index is 1.74. The van der Waals surface area contributed by atoms with Crippen molar-refractivity contribution in [2.45, 2.75) is 18.2 Å². The van der Waals surface area contributed by atoms with Crippen molar-refractivity contribution in [2.24, 2.45) is 0 Å². The first-order chi connectivity index (χ1) is 14.4. The quantitative estimate of drug-likeness (QED) is 0.589. The molecule has 0 saturated heterocycles. The number of fused-ring (bicyclic) bond motifs is 1. The summed E-state index contributed by atoms with van der Waals surface area (Å²) in [5, 5.41) is 0.508. The molecule has 4 rings (SSSR count). The summed E-state index contributed by atoms with van der Waals surface area (Å²) in [4.78, 5) is 15.0. The van der Waals surface area contributed by atoms with Gasteiger partial charge in [0.25, 0.3) is 10.0 Å². The van der Waals surface area contributed by atoms with Crippen LogP contribution in [0.4, 0.5) is 11.4 Å². The van der Waals surface area contributed by atoms with E-state index in [-0.39, 0.29) is 17.3 Å². The van der Waals surface area contributed by atoms with E-state index >= 15 is 0 Å². The van der Waals surface area contributed by atoms with Crippen molar-refractivity contribution in [3.8, 4) is 0 Å². The predicted molar refractivity (Wildman–Crippen MR) is 120 cm³/mol. The maximum atomic E-state index is 13.5. The van der Waals surface area contributed by atoms with Crippen LogP contribution >= 0.6 is 11.6 Å². The lowest BCUT2D eigenvalue weighted by Gasteiger charge is -2.28. The highest BCUT2D eigenvalue weighted by atomic mass is 35.5. The molecule has 154 valence electrons. The Morgan fingerprint density at radius 2 is 1.73 bits per heavy atom. The minimum atomic E-state index is -3.95. The monoisotopic (exact) mass is 440 g/mol. The van der Waals surface area contributed by atoms with E-state index in [0.29, 0.717) is 22.8 Å². The second-order valence-corrected chi connectivity index (χ2v) is 9.48. The first kappa shape index (κ1) is 20.4. The van der Waals surface area contributed by atoms with Gasteiger partial charge < -0.3 is 4.90 Å². The summed E-state index contributed by atoms with van der Waals surface area (Å²) in [5.41, 5.74) is 3.04. The number of hydrogen-bond donors (Lipinski definition) is 0. The van der Waals surface area contributed by atoms with Crippen LogP contribution in [0.15, 0.2) is 77.7 Å². The molecule has 7 heteroatoms. The lowest BCUT2D eigenvalue weighted by atomic mass is 10.2. The minimum Gasteiger partial charge on any atom is -0.310 e. The van der Waals surface area contributed by atoms with Crippen LogP contribution in [-0.4, -0.2) is 27.4 Å². The van der Waals surface area contributed by atoms with Gasteiger partial charge in [0.15, 0.2) is 0 Å². The van der Waals surface area contributed by atoms with Crippen molar-refractivity contribution < 1.29 is 13.2 Å². The normalized spacial score (nSPS) is 13.2. The average molecular weight is 441 g/mol. The zero-order valence-corrected chi connectivity index (χ0v) is 18.0. The first-order valence-electron chi connectivity index (χ1n) is 9.60. The Hall–Kier alpha value is -2.83. The van der Waals surface area contributed by atoms with Crippen LogP contribution in [0.25, 0.3) is 0 Å². The Morgan fingerprint density at radius 1 is 1.03 bits per heavy atom. The molecule has 3 aromatic carbocycles. The average Bonchev–Trinajstić information content (AvgIpc) is 3.17. The van der Waals surface area contributed by atoms with E-state index < -0.39 is 10.0 Å². The van der Waals surface area contributed by atoms with Gasteiger partial charge in [-0.25, -0.2) is 8.42 Å². The van der Waals surface area contributed by atoms with E-state index in [2.05, 4.69) is 0 Å². The summed E-state index contributed by atoms with van der Waals surface area (Å²) in [5.74, 6) is -0.270. The molecule has 0 bridgehead atoms. The number of carbonyl (C=O) groups is 1. The second-order valence-electron chi connectivity index (χ2n) is 7.18. The van der Waals surface area contributed by atoms with Gasteiger partial charge in [-0.3, -0.25) is 9.10 Å². The Morgan fingerprint density at radius 3 is 2.47 bits per heavy atom. The molecule has 0 N–H and O–H groups in total. The number of amides is 1. The van der Waals surface area contributed by atoms with Crippen molar-refractivity contribution in [2.75, 3.05) is 22.3 Å². The summed E-state index contributed by atoms with van der Waals surface area (Å²) >= 11 is 6.08. The molecule has 0 aromatic heterocycles. The molecule has 0 unspecified atom stereocenters. The molecule has 0 atom stereocenters. The molecule has 1 heterocycles. The highest BCUT2D eigenvalue weighted by Crippen LogP contribution is 2.31. The van der Waals surface area contributed by atoms with Crippen LogP contribution < -0.4 is 9.21 Å². The van der Waals surface area contributed by atoms with E-state index in [4.69, 9.17) is 11.6 Å². The van der Waals surface area contributed by atoms with Gasteiger partial charge in [-0.15, -0.1) is 0 Å². The SMILES string of the molecule is Cc1cc(Cl)ccc1N(CC(=O)N1CCc2ccccc21)S(=O)(=O)c1ccccc1. The fraction of sp³-hybridized carbons (Fsp3) is 0.174. The highest BCUT2D eigenvalue weighted by molar-refractivity contribution is 7.92. The number of benzene rings is 3. The Bertz CT molecular complexity index is 1200. The lowest BCUT2D eigenvalue weighted by molar-refractivity contribution is -0.117. The molecule has 30 heavy (non-hydrogen) atoms. The van der Waals surface area contributed by atoms with Crippen LogP contribution in [0.2, 0.25) is 5.02 Å². The van der Waals surface area contributed by atoms with Gasteiger partial charge in [-0.1, -0.05) is 48.0 Å². The summed E-state index contributed by atoms with van der Waals surface area (Å²) in [6.45, 7) is 2.02. The fourth-order valence-electron chi connectivity index (χ4n) is 3.72. The zero-order chi connectivity index (χ0) is 21.3. The van der Waals surface area contributed by atoms with Gasteiger partial charge in [-0.05, 0) is 60.9 Å². The molecule has 1 amide bonds. The van der Waals surface area contributed by atoms with Crippen LogP contribution in [0.1, 0.15) is 11.1 Å². The molecular formula is C23H21ClN2O3S. The van der Waals surface area contributed by atoms with E-state index in [1.807, 2.05) is 24.3 Å². The maximum Gasteiger partial charge on any atom is 0.264 e. The summed E-state index contributed by atoms with van der Waals surface area (Å²) in [6, 6.07) is 20.8. The second kappa shape index (κ2) is 8.13. The number of rotatable bonds is 5. The van der Waals surface area contributed by atoms with Gasteiger partial charge in [-0.2, -0.15) is 0 Å². The van der Waals surface area contributed by atoms with Gasteiger partial charge in [0.2, 0.25) is 5.91 Å². The molecule has 0 spiro atoms. The van der Waals surface area contributed by atoms with E-state index in [1.54, 1.807) is 48.2 Å². The molecule has 0 radical (unpaired) electrons. The zero-order valence-electron chi connectivity index (χ0n) is 16.5. The summed E-state index contributed by atoms with van der Waals surface area (Å²) in [6.07, 6.45) is 0.757. The lowest BCUT2D eigenvalue weighted by Crippen LogP contribution is -2.43. The fourth-order valence-corrected chi connectivity index (χ4v) is 5.45. The van der Waals surface area contributed by atoms with Gasteiger partial charge in [0, 0.05) is 17.3 Å². The van der Waals surface area contributed by atoms with Gasteiger partial charge in [0.05, 0.1) is 10.6 Å². The standard InChI is InChI=1S/C23H21ClN2O3S/c1-17-15-19(24)11-12-21(17)26(30(28,29)20-8-3-2-4-9-20)16-23(27)25-14-13-18-7-5-6-10-22(18)25/h2-12,15H,13-14,16H2,1H3. The number of hydrogen-bond acceptors (Lipinski definition) is 3. The third-order valence-electron chi connectivity index (χ3n) is 5.23. The third kappa shape index (κ3) is 3.80. The minimum absolute atomic E-state index is 0.133. The van der Waals surface area contributed by atoms with Crippen LogP contribution in [0.5, 0.6) is 0 Å². The smallest absolute Gasteiger partial charge is 0.264 e. The van der Waals surface area contributed by atoms with Crippen molar-refractivity contribution in [3.63, 3.8) is 0 Å². The molecule has 3 aromatic rings. The summed E-state index contributed by atoms with van der Waals surface area (Å²) < 4.78 is 28.2. The topological polar surface area (TPSA) is 57.7 Å². The number of sulfonamides is 1. The number of aryl methyl sites for hydroxylation is 1. The number of halogens is 1. The molecule has 5 nitrogen and oxygen atoms in total. The number of carbonyl (C=O) groups excluding carboxylic acids is 1. The number of nitrogens with zero attached hydrogens (tertiary/aromatic N) is 2. The number of para-hydroxylation sites is 1. The molecule has 0 saturated carbocycles. The molecule has 0 fully saturated rings. The van der Waals surface area contributed by atoms with Crippen LogP contribution in [-0.2, 0) is 21.2 Å². The van der Waals surface area contributed by atoms with Crippen molar-refractivity contribution in [3.05, 3.63) is 88.9 Å². The van der Waals surface area contributed by atoms with Crippen molar-refractivity contribution >= 4 is 38.9 Å². The van der Waals surface area contributed by atoms with Crippen molar-refractivity contribution in [1.29, 1.82) is 0 Å². The van der Waals surface area contributed by atoms with Crippen LogP contribution in [0.3, 0.4) is 0 Å². The van der Waals surface area contributed by atoms with Gasteiger partial charge >= 0.3 is 0 Å². The molecule has 1 aliphatic rings. The first-order valence-corrected chi connectivity index (χ1v) is 11.4. The summed E-state index contributed by atoms with van der Waals surface area (Å²) in [7, 11) is -3.95. The number of anilines is 2. The Labute approximate surface area is 181 Å². The van der Waals surface area contributed by atoms with Crippen molar-refractivity contribution in [1.82, 2.24) is 0 Å². The third-order valence-corrected chi connectivity index (χ3v) is 7.23. The maximum absolute atomic E-state index is 13.5. The van der Waals surface area contributed by atoms with Crippen LogP contribution in [0, 0.1) is 6.92 Å². The predicted octanol–water partition coefficient (Wildman–Crippen LogP) is 4.43. The van der Waals surface area contributed by atoms with Gasteiger partial charge in [0.1, 0.15) is 6.54 Å². The van der Waals surface area contributed by atoms with E-state index in [1.165, 1.54) is 16.4 Å². The molecule has 1 aliphatic heterocycles. The highest BCUT2D eigenvalue weighted by Gasteiger charge is 2.32. The molecule has 0 aliphatic carbocycles. The van der Waals surface area contributed by atoms with E-state index in [9.17, 15) is 13.2 Å².